The number of benzene rings is 2. The molecule has 0 aliphatic carbocycles. The van der Waals surface area contributed by atoms with Crippen molar-refractivity contribution in [3.63, 3.8) is 0 Å². The second-order valence-corrected chi connectivity index (χ2v) is 6.60. The lowest BCUT2D eigenvalue weighted by atomic mass is 10.0. The zero-order chi connectivity index (χ0) is 16.2. The van der Waals surface area contributed by atoms with E-state index in [0.717, 1.165) is 43.0 Å². The van der Waals surface area contributed by atoms with Gasteiger partial charge in [-0.05, 0) is 37.0 Å². The minimum absolute atomic E-state index is 0.513. The van der Waals surface area contributed by atoms with E-state index in [9.17, 15) is 0 Å². The van der Waals surface area contributed by atoms with Gasteiger partial charge in [-0.1, -0.05) is 42.5 Å². The van der Waals surface area contributed by atoms with E-state index in [4.69, 9.17) is 0 Å². The van der Waals surface area contributed by atoms with Crippen molar-refractivity contribution < 1.29 is 0 Å². The number of nitrogens with one attached hydrogen (secondary N) is 2. The van der Waals surface area contributed by atoms with Crippen LogP contribution >= 0.6 is 0 Å². The Bertz CT molecular complexity index is 739. The van der Waals surface area contributed by atoms with E-state index in [1.807, 2.05) is 18.2 Å². The third-order valence-electron chi connectivity index (χ3n) is 4.88. The van der Waals surface area contributed by atoms with E-state index < -0.39 is 0 Å². The van der Waals surface area contributed by atoms with Crippen molar-refractivity contribution >= 4 is 17.0 Å². The molecule has 4 nitrogen and oxygen atoms in total. The van der Waals surface area contributed by atoms with Gasteiger partial charge in [0.25, 0.3) is 0 Å². The van der Waals surface area contributed by atoms with Gasteiger partial charge in [0.05, 0.1) is 11.0 Å². The van der Waals surface area contributed by atoms with Crippen LogP contribution < -0.4 is 5.32 Å². The van der Waals surface area contributed by atoms with Gasteiger partial charge in [-0.15, -0.1) is 0 Å². The molecule has 0 spiro atoms. The van der Waals surface area contributed by atoms with Crippen LogP contribution in [-0.4, -0.2) is 40.5 Å². The summed E-state index contributed by atoms with van der Waals surface area (Å²) in [5.41, 5.74) is 3.56. The molecule has 1 aliphatic rings. The van der Waals surface area contributed by atoms with Gasteiger partial charge in [-0.3, -0.25) is 0 Å². The predicted octanol–water partition coefficient (Wildman–Crippen LogP) is 3.68. The Morgan fingerprint density at radius 1 is 1.00 bits per heavy atom. The molecule has 0 atom stereocenters. The molecule has 124 valence electrons. The number of hydrogen-bond donors (Lipinski definition) is 2. The number of aromatic amines is 1. The van der Waals surface area contributed by atoms with Crippen LogP contribution in [0.1, 0.15) is 18.4 Å². The summed E-state index contributed by atoms with van der Waals surface area (Å²) in [6, 6.07) is 19.5. The highest BCUT2D eigenvalue weighted by molar-refractivity contribution is 5.77. The van der Waals surface area contributed by atoms with E-state index in [1.165, 1.54) is 18.4 Å². The van der Waals surface area contributed by atoms with Crippen molar-refractivity contribution in [1.82, 2.24) is 14.9 Å². The lowest BCUT2D eigenvalue weighted by Gasteiger charge is -2.32. The third kappa shape index (κ3) is 3.60. The summed E-state index contributed by atoms with van der Waals surface area (Å²) >= 11 is 0. The third-order valence-corrected chi connectivity index (χ3v) is 4.88. The number of H-pyrrole nitrogens is 1. The Balaban J connectivity index is 1.27. The first-order chi connectivity index (χ1) is 11.9. The number of likely N-dealkylation sites (tertiary alicyclic amines) is 1. The van der Waals surface area contributed by atoms with Gasteiger partial charge in [0.2, 0.25) is 5.95 Å². The maximum absolute atomic E-state index is 4.62. The van der Waals surface area contributed by atoms with Crippen molar-refractivity contribution in [3.05, 3.63) is 60.2 Å². The van der Waals surface area contributed by atoms with Gasteiger partial charge in [-0.25, -0.2) is 4.98 Å². The number of aromatic nitrogens is 2. The van der Waals surface area contributed by atoms with Gasteiger partial charge in [0.1, 0.15) is 0 Å². The maximum atomic E-state index is 4.62. The summed E-state index contributed by atoms with van der Waals surface area (Å²) in [5.74, 6) is 0.902. The Hall–Kier alpha value is -2.33. The van der Waals surface area contributed by atoms with Crippen LogP contribution in [0.2, 0.25) is 0 Å². The molecule has 4 heteroatoms. The minimum Gasteiger partial charge on any atom is -0.353 e. The summed E-state index contributed by atoms with van der Waals surface area (Å²) in [4.78, 5) is 10.6. The second-order valence-electron chi connectivity index (χ2n) is 6.60. The van der Waals surface area contributed by atoms with E-state index >= 15 is 0 Å². The highest BCUT2D eigenvalue weighted by Crippen LogP contribution is 2.18. The Morgan fingerprint density at radius 2 is 1.75 bits per heavy atom. The molecule has 0 bridgehead atoms. The van der Waals surface area contributed by atoms with Crippen LogP contribution in [0.25, 0.3) is 11.0 Å². The average Bonchev–Trinajstić information content (AvgIpc) is 3.04. The predicted molar refractivity (Wildman–Crippen MR) is 99.3 cm³/mol. The summed E-state index contributed by atoms with van der Waals surface area (Å²) in [5, 5.41) is 3.57. The normalized spacial score (nSPS) is 16.5. The molecule has 2 aromatic carbocycles. The molecule has 1 fully saturated rings. The summed E-state index contributed by atoms with van der Waals surface area (Å²) in [6.45, 7) is 3.47. The number of piperidine rings is 1. The van der Waals surface area contributed by atoms with Crippen LogP contribution in [0.3, 0.4) is 0 Å². The largest absolute Gasteiger partial charge is 0.353 e. The highest BCUT2D eigenvalue weighted by Gasteiger charge is 2.19. The second kappa shape index (κ2) is 7.05. The molecule has 24 heavy (non-hydrogen) atoms. The number of fused-ring (bicyclic) bond motifs is 1. The molecule has 2 N–H and O–H groups in total. The lowest BCUT2D eigenvalue weighted by Crippen LogP contribution is -2.40. The zero-order valence-corrected chi connectivity index (χ0v) is 13.9. The number of imidazole rings is 1. The topological polar surface area (TPSA) is 44.0 Å². The summed E-state index contributed by atoms with van der Waals surface area (Å²) in [7, 11) is 0. The van der Waals surface area contributed by atoms with Crippen molar-refractivity contribution in [2.75, 3.05) is 25.0 Å². The van der Waals surface area contributed by atoms with Crippen LogP contribution in [0.5, 0.6) is 0 Å². The Kier molecular flexibility index (Phi) is 4.47. The Labute approximate surface area is 142 Å². The van der Waals surface area contributed by atoms with Gasteiger partial charge in [0, 0.05) is 25.7 Å². The molecule has 0 saturated carbocycles. The van der Waals surface area contributed by atoms with Crippen molar-refractivity contribution in [2.24, 2.45) is 0 Å². The number of nitrogens with zero attached hydrogens (tertiary/aromatic N) is 2. The monoisotopic (exact) mass is 320 g/mol. The first-order valence-corrected chi connectivity index (χ1v) is 8.84. The summed E-state index contributed by atoms with van der Waals surface area (Å²) < 4.78 is 0. The molecule has 1 aromatic heterocycles. The van der Waals surface area contributed by atoms with Crippen LogP contribution in [0.15, 0.2) is 54.6 Å². The van der Waals surface area contributed by atoms with Crippen LogP contribution in [-0.2, 0) is 6.42 Å². The molecular weight excluding hydrogens is 296 g/mol. The first kappa shape index (κ1) is 15.2. The van der Waals surface area contributed by atoms with Gasteiger partial charge >= 0.3 is 0 Å². The molecule has 2 heterocycles. The van der Waals surface area contributed by atoms with E-state index in [2.05, 4.69) is 56.6 Å². The number of hydrogen-bond acceptors (Lipinski definition) is 3. The maximum Gasteiger partial charge on any atom is 0.201 e. The molecule has 3 aromatic rings. The van der Waals surface area contributed by atoms with Gasteiger partial charge in [-0.2, -0.15) is 0 Å². The van der Waals surface area contributed by atoms with Crippen LogP contribution in [0, 0.1) is 0 Å². The molecule has 0 unspecified atom stereocenters. The first-order valence-electron chi connectivity index (χ1n) is 8.84. The molecule has 4 rings (SSSR count). The van der Waals surface area contributed by atoms with Crippen LogP contribution in [0.4, 0.5) is 5.95 Å². The van der Waals surface area contributed by atoms with Gasteiger partial charge in [0.15, 0.2) is 0 Å². The summed E-state index contributed by atoms with van der Waals surface area (Å²) in [6.07, 6.45) is 3.49. The molecule has 0 amide bonds. The zero-order valence-electron chi connectivity index (χ0n) is 13.9. The SMILES string of the molecule is c1ccc(CCN2CCC(Nc3nc4ccccc4[nH]3)CC2)cc1. The fraction of sp³-hybridized carbons (Fsp3) is 0.350. The van der Waals surface area contributed by atoms with Gasteiger partial charge < -0.3 is 15.2 Å². The van der Waals surface area contributed by atoms with E-state index in [1.54, 1.807) is 0 Å². The fourth-order valence-electron chi connectivity index (χ4n) is 3.45. The molecule has 1 saturated heterocycles. The molecule has 1 aliphatic heterocycles. The smallest absolute Gasteiger partial charge is 0.201 e. The number of para-hydroxylation sites is 2. The van der Waals surface area contributed by atoms with E-state index in [-0.39, 0.29) is 0 Å². The number of anilines is 1. The lowest BCUT2D eigenvalue weighted by molar-refractivity contribution is 0.221. The number of rotatable bonds is 5. The fourth-order valence-corrected chi connectivity index (χ4v) is 3.45. The minimum atomic E-state index is 0.513. The van der Waals surface area contributed by atoms with E-state index in [0.29, 0.717) is 6.04 Å². The highest BCUT2D eigenvalue weighted by atomic mass is 15.2. The molecule has 0 radical (unpaired) electrons. The quantitative estimate of drug-likeness (QED) is 0.754. The average molecular weight is 320 g/mol. The Morgan fingerprint density at radius 3 is 2.54 bits per heavy atom. The standard InChI is InChI=1S/C20H24N4/c1-2-6-16(7-3-1)10-13-24-14-11-17(12-15-24)21-20-22-18-8-4-5-9-19(18)23-20/h1-9,17H,10-15H2,(H2,21,22,23). The van der Waals surface area contributed by atoms with Crippen molar-refractivity contribution in [3.8, 4) is 0 Å². The van der Waals surface area contributed by atoms with Crippen molar-refractivity contribution in [1.29, 1.82) is 0 Å². The van der Waals surface area contributed by atoms with Crippen molar-refractivity contribution in [2.45, 2.75) is 25.3 Å². The molecular formula is C20H24N4.